The third-order valence-electron chi connectivity index (χ3n) is 1.63. The van der Waals surface area contributed by atoms with Gasteiger partial charge in [-0.1, -0.05) is 32.7 Å². The zero-order chi connectivity index (χ0) is 14.6. The van der Waals surface area contributed by atoms with Crippen LogP contribution >= 0.6 is 0 Å². The summed E-state index contributed by atoms with van der Waals surface area (Å²) in [5.74, 6) is -1.23. The van der Waals surface area contributed by atoms with Crippen LogP contribution in [-0.4, -0.2) is 23.7 Å². The van der Waals surface area contributed by atoms with E-state index in [-0.39, 0.29) is 13.4 Å². The Morgan fingerprint density at radius 3 is 1.79 bits per heavy atom. The van der Waals surface area contributed by atoms with Gasteiger partial charge in [-0.3, -0.25) is 0 Å². The zero-order valence-electron chi connectivity index (χ0n) is 11.1. The number of carboxylic acid groups (broad SMARTS) is 1. The maximum Gasteiger partial charge on any atom is 0.330 e. The van der Waals surface area contributed by atoms with Gasteiger partial charge in [0.05, 0.1) is 6.61 Å². The highest BCUT2D eigenvalue weighted by Gasteiger charge is 1.93. The Balaban J connectivity index is -0.000000262. The van der Waals surface area contributed by atoms with Crippen LogP contribution in [0.25, 0.3) is 0 Å². The molecule has 0 rings (SSSR count). The molecule has 0 heterocycles. The number of esters is 1. The smallest absolute Gasteiger partial charge is 0.330 e. The van der Waals surface area contributed by atoms with Gasteiger partial charge in [0.2, 0.25) is 0 Å². The van der Waals surface area contributed by atoms with Crippen LogP contribution in [0, 0.1) is 0 Å². The molecular weight excluding hydrogens is 244 g/mol. The van der Waals surface area contributed by atoms with Crippen molar-refractivity contribution >= 4 is 11.9 Å². The SMILES string of the molecule is C.C=C/C(C)=C\C(=O)O.C=C/C(C)=C\C(=O)OCC. The highest BCUT2D eigenvalue weighted by atomic mass is 16.5. The second-order valence-electron chi connectivity index (χ2n) is 3.28. The average Bonchev–Trinajstić information content (AvgIpc) is 2.29. The fourth-order valence-corrected chi connectivity index (χ4v) is 0.682. The molecule has 108 valence electrons. The van der Waals surface area contributed by atoms with Gasteiger partial charge in [-0.2, -0.15) is 0 Å². The Kier molecular flexibility index (Phi) is 16.3. The lowest BCUT2D eigenvalue weighted by Gasteiger charge is -1.94. The van der Waals surface area contributed by atoms with Crippen molar-refractivity contribution in [1.82, 2.24) is 0 Å². The molecule has 0 aliphatic carbocycles. The molecule has 0 unspecified atom stereocenters. The van der Waals surface area contributed by atoms with E-state index in [4.69, 9.17) is 5.11 Å². The van der Waals surface area contributed by atoms with Crippen LogP contribution in [-0.2, 0) is 14.3 Å². The van der Waals surface area contributed by atoms with E-state index in [1.165, 1.54) is 12.2 Å². The number of hydrogen-bond donors (Lipinski definition) is 1. The standard InChI is InChI=1S/C8H12O2.C6H8O2.CH4/c1-4-7(3)6-8(9)10-5-2;1-3-5(2)4-6(7)8;/h4,6H,1,5H2,2-3H3;3-4H,1H2,2H3,(H,7,8);1H4/b7-6-;5-4-;. The molecule has 4 heteroatoms. The summed E-state index contributed by atoms with van der Waals surface area (Å²) >= 11 is 0. The third kappa shape index (κ3) is 18.5. The summed E-state index contributed by atoms with van der Waals surface area (Å²) in [6.07, 6.45) is 5.62. The molecule has 0 fully saturated rings. The van der Waals surface area contributed by atoms with Crippen molar-refractivity contribution in [1.29, 1.82) is 0 Å². The van der Waals surface area contributed by atoms with Crippen LogP contribution in [0.2, 0.25) is 0 Å². The van der Waals surface area contributed by atoms with E-state index in [0.29, 0.717) is 12.2 Å². The second kappa shape index (κ2) is 14.0. The molecule has 4 nitrogen and oxygen atoms in total. The number of allylic oxidation sites excluding steroid dienone is 4. The molecule has 0 aliphatic rings. The molecule has 1 N–H and O–H groups in total. The summed E-state index contributed by atoms with van der Waals surface area (Å²) in [7, 11) is 0. The van der Waals surface area contributed by atoms with Crippen molar-refractivity contribution in [3.8, 4) is 0 Å². The average molecular weight is 268 g/mol. The van der Waals surface area contributed by atoms with E-state index < -0.39 is 5.97 Å². The van der Waals surface area contributed by atoms with E-state index in [2.05, 4.69) is 17.9 Å². The van der Waals surface area contributed by atoms with Crippen LogP contribution in [0.4, 0.5) is 0 Å². The fourth-order valence-electron chi connectivity index (χ4n) is 0.682. The third-order valence-corrected chi connectivity index (χ3v) is 1.63. The predicted octanol–water partition coefficient (Wildman–Crippen LogP) is 3.52. The molecule has 0 atom stereocenters. The van der Waals surface area contributed by atoms with Crippen molar-refractivity contribution in [3.05, 3.63) is 48.6 Å². The summed E-state index contributed by atoms with van der Waals surface area (Å²) in [5.41, 5.74) is 1.48. The normalized spacial score (nSPS) is 10.3. The van der Waals surface area contributed by atoms with Crippen molar-refractivity contribution in [2.45, 2.75) is 28.2 Å². The molecular formula is C15H24O4. The minimum atomic E-state index is -0.928. The van der Waals surface area contributed by atoms with Crippen LogP contribution in [0.1, 0.15) is 28.2 Å². The quantitative estimate of drug-likeness (QED) is 0.470. The van der Waals surface area contributed by atoms with E-state index in [1.807, 2.05) is 0 Å². The minimum absolute atomic E-state index is 0. The lowest BCUT2D eigenvalue weighted by molar-refractivity contribution is -0.137. The summed E-state index contributed by atoms with van der Waals surface area (Å²) in [4.78, 5) is 20.5. The van der Waals surface area contributed by atoms with Crippen molar-refractivity contribution in [2.75, 3.05) is 6.61 Å². The van der Waals surface area contributed by atoms with Gasteiger partial charge in [0.15, 0.2) is 0 Å². The molecule has 0 aliphatic heterocycles. The van der Waals surface area contributed by atoms with E-state index in [1.54, 1.807) is 26.8 Å². The first-order valence-corrected chi connectivity index (χ1v) is 5.38. The lowest BCUT2D eigenvalue weighted by Crippen LogP contribution is -1.99. The molecule has 0 spiro atoms. The van der Waals surface area contributed by atoms with Crippen molar-refractivity contribution in [3.63, 3.8) is 0 Å². The first kappa shape index (κ1) is 22.1. The Morgan fingerprint density at radius 1 is 1.11 bits per heavy atom. The van der Waals surface area contributed by atoms with Gasteiger partial charge >= 0.3 is 11.9 Å². The number of carboxylic acids is 1. The summed E-state index contributed by atoms with van der Waals surface area (Å²) in [6, 6.07) is 0. The number of rotatable bonds is 5. The monoisotopic (exact) mass is 268 g/mol. The van der Waals surface area contributed by atoms with E-state index >= 15 is 0 Å². The van der Waals surface area contributed by atoms with Gasteiger partial charge in [-0.15, -0.1) is 0 Å². The molecule has 0 aromatic rings. The summed E-state index contributed by atoms with van der Waals surface area (Å²) in [5, 5.41) is 8.09. The van der Waals surface area contributed by atoms with Crippen LogP contribution in [0.3, 0.4) is 0 Å². The number of hydrogen-bond acceptors (Lipinski definition) is 3. The Bertz CT molecular complexity index is 362. The number of carbonyl (C=O) groups is 2. The molecule has 0 amide bonds. The van der Waals surface area contributed by atoms with Gasteiger partial charge in [-0.25, -0.2) is 9.59 Å². The molecule has 0 radical (unpaired) electrons. The Labute approximate surface area is 115 Å². The van der Waals surface area contributed by atoms with Gasteiger partial charge in [0, 0.05) is 12.2 Å². The number of carbonyl (C=O) groups excluding carboxylic acids is 1. The maximum absolute atomic E-state index is 10.7. The highest BCUT2D eigenvalue weighted by Crippen LogP contribution is 1.93. The molecule has 19 heavy (non-hydrogen) atoms. The van der Waals surface area contributed by atoms with E-state index in [9.17, 15) is 9.59 Å². The highest BCUT2D eigenvalue weighted by molar-refractivity contribution is 5.83. The lowest BCUT2D eigenvalue weighted by atomic mass is 10.3. The van der Waals surface area contributed by atoms with Crippen LogP contribution in [0.5, 0.6) is 0 Å². The zero-order valence-corrected chi connectivity index (χ0v) is 11.1. The van der Waals surface area contributed by atoms with Gasteiger partial charge in [0.25, 0.3) is 0 Å². The molecule has 0 saturated heterocycles. The Morgan fingerprint density at radius 2 is 1.53 bits per heavy atom. The molecule has 0 aromatic heterocycles. The maximum atomic E-state index is 10.7. The summed E-state index contributed by atoms with van der Waals surface area (Å²) < 4.78 is 4.65. The fraction of sp³-hybridized carbons (Fsp3) is 0.333. The first-order chi connectivity index (χ1) is 8.37. The predicted molar refractivity (Wildman–Crippen MR) is 78.9 cm³/mol. The number of aliphatic carboxylic acids is 1. The summed E-state index contributed by atoms with van der Waals surface area (Å²) in [6.45, 7) is 12.5. The molecule has 0 aromatic carbocycles. The van der Waals surface area contributed by atoms with Gasteiger partial charge in [-0.05, 0) is 31.9 Å². The van der Waals surface area contributed by atoms with Gasteiger partial charge in [0.1, 0.15) is 0 Å². The first-order valence-electron chi connectivity index (χ1n) is 5.38. The van der Waals surface area contributed by atoms with E-state index in [0.717, 1.165) is 11.6 Å². The van der Waals surface area contributed by atoms with Crippen molar-refractivity contribution < 1.29 is 19.4 Å². The van der Waals surface area contributed by atoms with Gasteiger partial charge < -0.3 is 9.84 Å². The Hall–Kier alpha value is -2.10. The molecule has 0 bridgehead atoms. The minimum Gasteiger partial charge on any atom is -0.478 e. The molecule has 0 saturated carbocycles. The number of ether oxygens (including phenoxy) is 1. The topological polar surface area (TPSA) is 63.6 Å². The second-order valence-corrected chi connectivity index (χ2v) is 3.28. The van der Waals surface area contributed by atoms with Crippen molar-refractivity contribution in [2.24, 2.45) is 0 Å². The largest absolute Gasteiger partial charge is 0.478 e. The van der Waals surface area contributed by atoms with Crippen LogP contribution in [0.15, 0.2) is 48.6 Å². The van der Waals surface area contributed by atoms with Crippen LogP contribution < -0.4 is 0 Å².